The second-order valence-electron chi connectivity index (χ2n) is 6.96. The Morgan fingerprint density at radius 3 is 2.85 bits per heavy atom. The molecular formula is C21H26BrN3O2. The van der Waals surface area contributed by atoms with Gasteiger partial charge in [0, 0.05) is 23.2 Å². The number of rotatable bonds is 6. The molecule has 2 aromatic carbocycles. The molecule has 3 rings (SSSR count). The van der Waals surface area contributed by atoms with Crippen LogP contribution in [0.2, 0.25) is 0 Å². The van der Waals surface area contributed by atoms with Gasteiger partial charge in [-0.25, -0.2) is 0 Å². The van der Waals surface area contributed by atoms with Crippen molar-refractivity contribution >= 4 is 33.2 Å². The van der Waals surface area contributed by atoms with Crippen LogP contribution in [0.15, 0.2) is 46.9 Å². The van der Waals surface area contributed by atoms with Crippen molar-refractivity contribution < 1.29 is 9.53 Å². The van der Waals surface area contributed by atoms with Gasteiger partial charge in [0.15, 0.2) is 0 Å². The molecule has 1 N–H and O–H groups in total. The van der Waals surface area contributed by atoms with E-state index in [0.717, 1.165) is 40.2 Å². The predicted octanol–water partition coefficient (Wildman–Crippen LogP) is 3.92. The number of fused-ring (bicyclic) bond motifs is 1. The van der Waals surface area contributed by atoms with Gasteiger partial charge in [0.1, 0.15) is 11.9 Å². The van der Waals surface area contributed by atoms with E-state index in [1.807, 2.05) is 55.3 Å². The molecule has 0 radical (unpaired) electrons. The lowest BCUT2D eigenvalue weighted by Crippen LogP contribution is -2.46. The molecule has 0 spiro atoms. The molecule has 0 fully saturated rings. The molecule has 0 aromatic heterocycles. The van der Waals surface area contributed by atoms with E-state index < -0.39 is 0 Å². The van der Waals surface area contributed by atoms with Gasteiger partial charge in [0.2, 0.25) is 5.91 Å². The van der Waals surface area contributed by atoms with Crippen LogP contribution in [0.3, 0.4) is 0 Å². The summed E-state index contributed by atoms with van der Waals surface area (Å²) in [5.74, 6) is 0.890. The summed E-state index contributed by atoms with van der Waals surface area (Å²) < 4.78 is 7.18. The van der Waals surface area contributed by atoms with Crippen molar-refractivity contribution in [3.63, 3.8) is 0 Å². The van der Waals surface area contributed by atoms with Gasteiger partial charge in [-0.05, 0) is 56.8 Å². The number of nitrogens with zero attached hydrogens (tertiary/aromatic N) is 2. The molecular weight excluding hydrogens is 406 g/mol. The first-order valence-electron chi connectivity index (χ1n) is 9.21. The third kappa shape index (κ3) is 5.02. The highest BCUT2D eigenvalue weighted by atomic mass is 79.9. The van der Waals surface area contributed by atoms with E-state index in [9.17, 15) is 4.79 Å². The predicted molar refractivity (Wildman–Crippen MR) is 114 cm³/mol. The maximum atomic E-state index is 12.4. The number of nitrogens with one attached hydrogen (secondary N) is 1. The summed E-state index contributed by atoms with van der Waals surface area (Å²) in [6.45, 7) is 6.93. The number of likely N-dealkylation sites (N-methyl/N-ethyl adjacent to an activating group) is 2. The average molecular weight is 432 g/mol. The second kappa shape index (κ2) is 8.76. The SMILES string of the molecule is CCN1CC(CN(C)CC(=O)Nc2ccc(Br)c(C)c2)Oc2ccccc21. The van der Waals surface area contributed by atoms with E-state index >= 15 is 0 Å². The molecule has 144 valence electrons. The number of anilines is 2. The fourth-order valence-corrected chi connectivity index (χ4v) is 3.60. The van der Waals surface area contributed by atoms with Crippen LogP contribution in [-0.2, 0) is 4.79 Å². The Morgan fingerprint density at radius 2 is 2.11 bits per heavy atom. The number of amides is 1. The Kier molecular flexibility index (Phi) is 6.39. The largest absolute Gasteiger partial charge is 0.485 e. The van der Waals surface area contributed by atoms with E-state index in [4.69, 9.17) is 4.74 Å². The minimum absolute atomic E-state index is 0.0252. The molecule has 1 atom stereocenters. The molecule has 1 unspecified atom stereocenters. The first-order valence-corrected chi connectivity index (χ1v) is 10.0. The van der Waals surface area contributed by atoms with Gasteiger partial charge in [-0.2, -0.15) is 0 Å². The summed E-state index contributed by atoms with van der Waals surface area (Å²) in [5.41, 5.74) is 3.05. The molecule has 2 aromatic rings. The number of para-hydroxylation sites is 2. The van der Waals surface area contributed by atoms with Gasteiger partial charge in [0.05, 0.1) is 18.8 Å². The number of carbonyl (C=O) groups is 1. The first kappa shape index (κ1) is 19.7. The van der Waals surface area contributed by atoms with Crippen molar-refractivity contribution in [2.45, 2.75) is 20.0 Å². The maximum absolute atomic E-state index is 12.4. The first-order chi connectivity index (χ1) is 13.0. The van der Waals surface area contributed by atoms with Crippen LogP contribution in [-0.4, -0.2) is 50.1 Å². The molecule has 0 saturated carbocycles. The quantitative estimate of drug-likeness (QED) is 0.752. The van der Waals surface area contributed by atoms with E-state index in [-0.39, 0.29) is 12.0 Å². The Morgan fingerprint density at radius 1 is 1.33 bits per heavy atom. The normalized spacial score (nSPS) is 16.0. The molecule has 0 bridgehead atoms. The summed E-state index contributed by atoms with van der Waals surface area (Å²) in [6.07, 6.45) is 0.0348. The molecule has 6 heteroatoms. The van der Waals surface area contributed by atoms with E-state index in [0.29, 0.717) is 13.1 Å². The molecule has 0 aliphatic carbocycles. The van der Waals surface area contributed by atoms with Crippen LogP contribution in [0.5, 0.6) is 5.75 Å². The number of carbonyl (C=O) groups excluding carboxylic acids is 1. The lowest BCUT2D eigenvalue weighted by molar-refractivity contribution is -0.117. The Labute approximate surface area is 169 Å². The monoisotopic (exact) mass is 431 g/mol. The molecule has 27 heavy (non-hydrogen) atoms. The van der Waals surface area contributed by atoms with Gasteiger partial charge in [-0.1, -0.05) is 28.1 Å². The lowest BCUT2D eigenvalue weighted by Gasteiger charge is -2.37. The van der Waals surface area contributed by atoms with Gasteiger partial charge in [-0.15, -0.1) is 0 Å². The average Bonchev–Trinajstić information content (AvgIpc) is 2.63. The summed E-state index contributed by atoms with van der Waals surface area (Å²) in [5, 5.41) is 2.96. The standard InChI is InChI=1S/C21H26BrN3O2/c1-4-25-13-17(27-20-8-6-5-7-19(20)25)12-24(3)14-21(26)23-16-9-10-18(22)15(2)11-16/h5-11,17H,4,12-14H2,1-3H3,(H,23,26). The number of hydrogen-bond acceptors (Lipinski definition) is 4. The minimum Gasteiger partial charge on any atom is -0.485 e. The highest BCUT2D eigenvalue weighted by Crippen LogP contribution is 2.32. The number of aryl methyl sites for hydroxylation is 1. The van der Waals surface area contributed by atoms with Crippen LogP contribution in [0.25, 0.3) is 0 Å². The fourth-order valence-electron chi connectivity index (χ4n) is 3.35. The van der Waals surface area contributed by atoms with Crippen molar-refractivity contribution in [3.05, 3.63) is 52.5 Å². The Bertz CT molecular complexity index is 812. The Hall–Kier alpha value is -2.05. The summed E-state index contributed by atoms with van der Waals surface area (Å²) >= 11 is 3.47. The highest BCUT2D eigenvalue weighted by Gasteiger charge is 2.25. The van der Waals surface area contributed by atoms with Crippen LogP contribution < -0.4 is 15.0 Å². The summed E-state index contributed by atoms with van der Waals surface area (Å²) in [4.78, 5) is 16.7. The Balaban J connectivity index is 1.55. The van der Waals surface area contributed by atoms with Crippen molar-refractivity contribution in [2.24, 2.45) is 0 Å². The molecule has 1 amide bonds. The van der Waals surface area contributed by atoms with Crippen LogP contribution in [0, 0.1) is 6.92 Å². The fraction of sp³-hybridized carbons (Fsp3) is 0.381. The van der Waals surface area contributed by atoms with E-state index in [1.165, 1.54) is 0 Å². The molecule has 1 aliphatic heterocycles. The third-order valence-electron chi connectivity index (χ3n) is 4.68. The van der Waals surface area contributed by atoms with Gasteiger partial charge >= 0.3 is 0 Å². The van der Waals surface area contributed by atoms with Gasteiger partial charge in [0.25, 0.3) is 0 Å². The van der Waals surface area contributed by atoms with Crippen molar-refractivity contribution in [1.82, 2.24) is 4.90 Å². The van der Waals surface area contributed by atoms with Gasteiger partial charge < -0.3 is 15.0 Å². The number of benzene rings is 2. The van der Waals surface area contributed by atoms with E-state index in [2.05, 4.69) is 39.1 Å². The summed E-state index contributed by atoms with van der Waals surface area (Å²) in [6, 6.07) is 13.9. The number of hydrogen-bond donors (Lipinski definition) is 1. The molecule has 0 saturated heterocycles. The smallest absolute Gasteiger partial charge is 0.238 e. The molecule has 1 heterocycles. The van der Waals surface area contributed by atoms with Crippen LogP contribution in [0.4, 0.5) is 11.4 Å². The van der Waals surface area contributed by atoms with Crippen molar-refractivity contribution in [1.29, 1.82) is 0 Å². The lowest BCUT2D eigenvalue weighted by atomic mass is 10.2. The highest BCUT2D eigenvalue weighted by molar-refractivity contribution is 9.10. The van der Waals surface area contributed by atoms with Crippen molar-refractivity contribution in [3.8, 4) is 5.75 Å². The van der Waals surface area contributed by atoms with E-state index in [1.54, 1.807) is 0 Å². The molecule has 1 aliphatic rings. The zero-order valence-corrected chi connectivity index (χ0v) is 17.6. The number of ether oxygens (including phenoxy) is 1. The zero-order chi connectivity index (χ0) is 19.4. The summed E-state index contributed by atoms with van der Waals surface area (Å²) in [7, 11) is 1.95. The maximum Gasteiger partial charge on any atom is 0.238 e. The topological polar surface area (TPSA) is 44.8 Å². The van der Waals surface area contributed by atoms with Crippen molar-refractivity contribution in [2.75, 3.05) is 43.4 Å². The minimum atomic E-state index is -0.0252. The van der Waals surface area contributed by atoms with Crippen LogP contribution >= 0.6 is 15.9 Å². The van der Waals surface area contributed by atoms with Crippen LogP contribution in [0.1, 0.15) is 12.5 Å². The molecule has 5 nitrogen and oxygen atoms in total. The second-order valence-corrected chi connectivity index (χ2v) is 7.81. The third-order valence-corrected chi connectivity index (χ3v) is 5.57. The zero-order valence-electron chi connectivity index (χ0n) is 16.0. The van der Waals surface area contributed by atoms with Gasteiger partial charge in [-0.3, -0.25) is 9.69 Å². The number of halogens is 1.